The van der Waals surface area contributed by atoms with E-state index in [-0.39, 0.29) is 5.97 Å². The molecule has 0 heterocycles. The van der Waals surface area contributed by atoms with E-state index in [1.165, 1.54) is 7.11 Å². The highest BCUT2D eigenvalue weighted by Gasteiger charge is 2.37. The predicted molar refractivity (Wildman–Crippen MR) is 70.3 cm³/mol. The van der Waals surface area contributed by atoms with E-state index in [1.807, 2.05) is 31.2 Å². The molecule has 100 valence electrons. The topological polar surface area (TPSA) is 61.5 Å². The Labute approximate surface area is 108 Å². The van der Waals surface area contributed by atoms with Gasteiger partial charge < -0.3 is 15.2 Å². The summed E-state index contributed by atoms with van der Waals surface area (Å²) in [6, 6.07) is 7.01. The van der Waals surface area contributed by atoms with Crippen molar-refractivity contribution in [3.05, 3.63) is 29.8 Å². The van der Waals surface area contributed by atoms with E-state index < -0.39 is 11.5 Å². The fraction of sp³-hybridized carbons (Fsp3) is 0.500. The van der Waals surface area contributed by atoms with Gasteiger partial charge in [-0.3, -0.25) is 4.79 Å². The monoisotopic (exact) mass is 251 g/mol. The lowest BCUT2D eigenvalue weighted by Crippen LogP contribution is -2.37. The van der Waals surface area contributed by atoms with Crippen LogP contribution in [0.25, 0.3) is 0 Å². The molecule has 0 saturated carbocycles. The van der Waals surface area contributed by atoms with E-state index in [0.29, 0.717) is 12.4 Å². The lowest BCUT2D eigenvalue weighted by molar-refractivity contribution is -0.152. The Bertz CT molecular complexity index is 415. The summed E-state index contributed by atoms with van der Waals surface area (Å²) in [4.78, 5) is 11.8. The summed E-state index contributed by atoms with van der Waals surface area (Å²) in [7, 11) is 1.37. The average molecular weight is 251 g/mol. The molecular weight excluding hydrogens is 230 g/mol. The van der Waals surface area contributed by atoms with E-state index in [4.69, 9.17) is 15.2 Å². The molecule has 4 heteroatoms. The molecule has 0 saturated heterocycles. The van der Waals surface area contributed by atoms with E-state index >= 15 is 0 Å². The first-order valence-corrected chi connectivity index (χ1v) is 6.00. The van der Waals surface area contributed by atoms with Crippen molar-refractivity contribution in [2.45, 2.75) is 26.8 Å². The molecule has 0 spiro atoms. The van der Waals surface area contributed by atoms with Crippen LogP contribution in [0.2, 0.25) is 0 Å². The van der Waals surface area contributed by atoms with Crippen LogP contribution in [-0.4, -0.2) is 19.7 Å². The van der Waals surface area contributed by atoms with E-state index in [9.17, 15) is 4.79 Å². The number of esters is 1. The van der Waals surface area contributed by atoms with Crippen LogP contribution < -0.4 is 10.5 Å². The Balaban J connectivity index is 3.10. The second-order valence-corrected chi connectivity index (χ2v) is 4.66. The zero-order chi connectivity index (χ0) is 13.8. The van der Waals surface area contributed by atoms with Gasteiger partial charge >= 0.3 is 5.97 Å². The third-order valence-electron chi connectivity index (χ3n) is 3.04. The first-order valence-electron chi connectivity index (χ1n) is 6.00. The summed E-state index contributed by atoms with van der Waals surface area (Å²) in [5.41, 5.74) is 6.21. The maximum absolute atomic E-state index is 11.8. The molecule has 0 aromatic heterocycles. The van der Waals surface area contributed by atoms with Gasteiger partial charge in [-0.15, -0.1) is 0 Å². The maximum atomic E-state index is 11.8. The molecule has 1 aromatic rings. The minimum atomic E-state index is -0.804. The number of carbonyl (C=O) groups is 1. The molecule has 1 rings (SSSR count). The Hall–Kier alpha value is -1.55. The second kappa shape index (κ2) is 5.87. The maximum Gasteiger partial charge on any atom is 0.313 e. The Morgan fingerprint density at radius 3 is 2.56 bits per heavy atom. The molecule has 1 atom stereocenters. The summed E-state index contributed by atoms with van der Waals surface area (Å²) in [6.07, 6.45) is 0. The van der Waals surface area contributed by atoms with Gasteiger partial charge in [0, 0.05) is 11.6 Å². The normalized spacial score (nSPS) is 12.9. The number of methoxy groups -OCH3 is 1. The van der Waals surface area contributed by atoms with Crippen molar-refractivity contribution < 1.29 is 14.3 Å². The van der Waals surface area contributed by atoms with Crippen LogP contribution in [0.5, 0.6) is 5.75 Å². The van der Waals surface area contributed by atoms with Crippen LogP contribution >= 0.6 is 0 Å². The highest BCUT2D eigenvalue weighted by molar-refractivity contribution is 5.77. The van der Waals surface area contributed by atoms with Gasteiger partial charge in [-0.2, -0.15) is 0 Å². The zero-order valence-corrected chi connectivity index (χ0v) is 11.4. The lowest BCUT2D eigenvalue weighted by atomic mass is 9.80. The summed E-state index contributed by atoms with van der Waals surface area (Å²) in [6.45, 7) is 6.01. The summed E-state index contributed by atoms with van der Waals surface area (Å²) >= 11 is 0. The number of carbonyl (C=O) groups excluding carboxylic acids is 1. The van der Waals surface area contributed by atoms with Crippen molar-refractivity contribution in [2.75, 3.05) is 13.7 Å². The molecule has 18 heavy (non-hydrogen) atoms. The van der Waals surface area contributed by atoms with Gasteiger partial charge in [-0.1, -0.05) is 18.2 Å². The third kappa shape index (κ3) is 2.82. The largest absolute Gasteiger partial charge is 0.494 e. The summed E-state index contributed by atoms with van der Waals surface area (Å²) in [5.74, 6) is 0.380. The number of benzene rings is 1. The number of nitrogens with two attached hydrogens (primary N) is 1. The van der Waals surface area contributed by atoms with Crippen molar-refractivity contribution in [1.82, 2.24) is 0 Å². The van der Waals surface area contributed by atoms with Gasteiger partial charge in [0.2, 0.25) is 0 Å². The van der Waals surface area contributed by atoms with Crippen molar-refractivity contribution in [1.29, 1.82) is 0 Å². The van der Waals surface area contributed by atoms with Crippen LogP contribution in [-0.2, 0) is 9.53 Å². The van der Waals surface area contributed by atoms with Gasteiger partial charge in [-0.05, 0) is 26.8 Å². The molecule has 0 unspecified atom stereocenters. The average Bonchev–Trinajstić information content (AvgIpc) is 2.37. The molecule has 1 aromatic carbocycles. The quantitative estimate of drug-likeness (QED) is 0.816. The molecule has 0 aliphatic carbocycles. The molecule has 4 nitrogen and oxygen atoms in total. The summed E-state index contributed by atoms with van der Waals surface area (Å²) in [5, 5.41) is 0. The number of rotatable bonds is 5. The van der Waals surface area contributed by atoms with Crippen LogP contribution in [0.4, 0.5) is 0 Å². The number of ether oxygens (including phenoxy) is 2. The fourth-order valence-corrected chi connectivity index (χ4v) is 1.80. The highest BCUT2D eigenvalue weighted by Crippen LogP contribution is 2.36. The predicted octanol–water partition coefficient (Wildman–Crippen LogP) is 2.28. The van der Waals surface area contributed by atoms with Gasteiger partial charge in [0.05, 0.1) is 19.1 Å². The van der Waals surface area contributed by atoms with Crippen LogP contribution in [0.15, 0.2) is 24.3 Å². The fourth-order valence-electron chi connectivity index (χ4n) is 1.80. The van der Waals surface area contributed by atoms with Gasteiger partial charge in [0.1, 0.15) is 5.75 Å². The second-order valence-electron chi connectivity index (χ2n) is 4.66. The standard InChI is InChI=1S/C14H21NO3/c1-5-18-11-9-7-6-8-10(11)12(15)14(2,3)13(16)17-4/h6-9,12H,5,15H2,1-4H3/t12-/m1/s1. The molecule has 0 aliphatic heterocycles. The number of hydrogen-bond acceptors (Lipinski definition) is 4. The minimum Gasteiger partial charge on any atom is -0.494 e. The molecule has 0 fully saturated rings. The van der Waals surface area contributed by atoms with E-state index in [1.54, 1.807) is 13.8 Å². The van der Waals surface area contributed by atoms with E-state index in [2.05, 4.69) is 0 Å². The van der Waals surface area contributed by atoms with Gasteiger partial charge in [-0.25, -0.2) is 0 Å². The molecule has 0 radical (unpaired) electrons. The highest BCUT2D eigenvalue weighted by atomic mass is 16.5. The third-order valence-corrected chi connectivity index (χ3v) is 3.04. The van der Waals surface area contributed by atoms with Gasteiger partial charge in [0.15, 0.2) is 0 Å². The SMILES string of the molecule is CCOc1ccccc1[C@@H](N)C(C)(C)C(=O)OC. The minimum absolute atomic E-state index is 0.332. The first kappa shape index (κ1) is 14.5. The van der Waals surface area contributed by atoms with Crippen molar-refractivity contribution in [3.63, 3.8) is 0 Å². The Kier molecular flexibility index (Phi) is 4.73. The first-order chi connectivity index (χ1) is 8.45. The number of para-hydroxylation sites is 1. The van der Waals surface area contributed by atoms with Crippen LogP contribution in [0.1, 0.15) is 32.4 Å². The zero-order valence-electron chi connectivity index (χ0n) is 11.4. The molecule has 0 aliphatic rings. The van der Waals surface area contributed by atoms with Gasteiger partial charge in [0.25, 0.3) is 0 Å². The van der Waals surface area contributed by atoms with Crippen molar-refractivity contribution in [3.8, 4) is 5.75 Å². The van der Waals surface area contributed by atoms with Crippen molar-refractivity contribution >= 4 is 5.97 Å². The van der Waals surface area contributed by atoms with Crippen LogP contribution in [0.3, 0.4) is 0 Å². The molecule has 0 bridgehead atoms. The Morgan fingerprint density at radius 2 is 2.00 bits per heavy atom. The Morgan fingerprint density at radius 1 is 1.39 bits per heavy atom. The smallest absolute Gasteiger partial charge is 0.313 e. The van der Waals surface area contributed by atoms with Crippen LogP contribution in [0, 0.1) is 5.41 Å². The lowest BCUT2D eigenvalue weighted by Gasteiger charge is -2.30. The molecule has 2 N–H and O–H groups in total. The van der Waals surface area contributed by atoms with E-state index in [0.717, 1.165) is 5.56 Å². The summed E-state index contributed by atoms with van der Waals surface area (Å²) < 4.78 is 10.3. The number of hydrogen-bond donors (Lipinski definition) is 1. The molecular formula is C14H21NO3. The van der Waals surface area contributed by atoms with Crippen molar-refractivity contribution in [2.24, 2.45) is 11.1 Å². The molecule has 0 amide bonds.